The summed E-state index contributed by atoms with van der Waals surface area (Å²) in [7, 11) is 0. The predicted molar refractivity (Wildman–Crippen MR) is 77.5 cm³/mol. The van der Waals surface area contributed by atoms with Crippen LogP contribution < -0.4 is 5.32 Å². The summed E-state index contributed by atoms with van der Waals surface area (Å²) in [5, 5.41) is 2.45. The van der Waals surface area contributed by atoms with E-state index in [1.807, 2.05) is 5.32 Å². The highest BCUT2D eigenvalue weighted by Crippen LogP contribution is 2.30. The van der Waals surface area contributed by atoms with Gasteiger partial charge in [0.05, 0.1) is 0 Å². The molecule has 0 atom stereocenters. The Balaban J connectivity index is 1.92. The number of carbonyl (C=O) groups is 1. The molecular weight excluding hydrogens is 315 g/mol. The first kappa shape index (κ1) is 14.5. The van der Waals surface area contributed by atoms with Gasteiger partial charge >= 0.3 is 12.1 Å². The van der Waals surface area contributed by atoms with Crippen LogP contribution in [0.4, 0.5) is 18.9 Å². The van der Waals surface area contributed by atoms with Gasteiger partial charge in [0.25, 0.3) is 0 Å². The van der Waals surface area contributed by atoms with Crippen molar-refractivity contribution >= 4 is 33.3 Å². The van der Waals surface area contributed by atoms with Gasteiger partial charge in [-0.05, 0) is 24.3 Å². The number of nitrogens with one attached hydrogen (secondary N) is 1. The zero-order chi connectivity index (χ0) is 15.7. The summed E-state index contributed by atoms with van der Waals surface area (Å²) < 4.78 is 36.8. The third-order valence-corrected chi connectivity index (χ3v) is 3.82. The van der Waals surface area contributed by atoms with Crippen molar-refractivity contribution in [3.63, 3.8) is 0 Å². The molecule has 0 saturated carbocycles. The molecule has 0 spiro atoms. The highest BCUT2D eigenvalue weighted by atomic mass is 32.1. The van der Waals surface area contributed by atoms with Crippen LogP contribution in [0.3, 0.4) is 0 Å². The van der Waals surface area contributed by atoms with E-state index in [2.05, 4.69) is 9.97 Å². The summed E-state index contributed by atoms with van der Waals surface area (Å²) in [5.74, 6) is -2.00. The second-order valence-electron chi connectivity index (χ2n) is 4.38. The van der Waals surface area contributed by atoms with Gasteiger partial charge < -0.3 is 5.32 Å². The minimum absolute atomic E-state index is 0.0621. The molecule has 0 radical (unpaired) electrons. The van der Waals surface area contributed by atoms with Crippen molar-refractivity contribution in [3.8, 4) is 10.6 Å². The normalized spacial score (nSPS) is 11.6. The van der Waals surface area contributed by atoms with Gasteiger partial charge in [0.15, 0.2) is 0 Å². The molecule has 2 aromatic heterocycles. The molecule has 1 aromatic carbocycles. The molecule has 1 amide bonds. The first-order valence-electron chi connectivity index (χ1n) is 6.14. The Bertz CT molecular complexity index is 811. The third-order valence-electron chi connectivity index (χ3n) is 2.79. The number of benzene rings is 1. The number of carbonyl (C=O) groups excluding carboxylic acids is 1. The Hall–Kier alpha value is -2.48. The number of hydrogen-bond donors (Lipinski definition) is 1. The van der Waals surface area contributed by atoms with Crippen molar-refractivity contribution in [2.75, 3.05) is 5.32 Å². The van der Waals surface area contributed by atoms with E-state index in [4.69, 9.17) is 0 Å². The first-order valence-corrected chi connectivity index (χ1v) is 6.95. The summed E-state index contributed by atoms with van der Waals surface area (Å²) in [4.78, 5) is 20.2. The summed E-state index contributed by atoms with van der Waals surface area (Å²) in [6.45, 7) is 0. The third kappa shape index (κ3) is 2.91. The van der Waals surface area contributed by atoms with Gasteiger partial charge in [0, 0.05) is 17.4 Å². The molecule has 0 aliphatic carbocycles. The van der Waals surface area contributed by atoms with E-state index in [1.54, 1.807) is 30.5 Å². The molecule has 0 fully saturated rings. The molecule has 3 rings (SSSR count). The van der Waals surface area contributed by atoms with Crippen molar-refractivity contribution in [3.05, 3.63) is 42.6 Å². The molecule has 1 N–H and O–H groups in total. The second-order valence-corrected chi connectivity index (χ2v) is 5.36. The Morgan fingerprint density at radius 3 is 2.73 bits per heavy atom. The molecule has 2 heterocycles. The zero-order valence-electron chi connectivity index (χ0n) is 10.9. The van der Waals surface area contributed by atoms with E-state index in [-0.39, 0.29) is 5.69 Å². The van der Waals surface area contributed by atoms with Gasteiger partial charge in [-0.1, -0.05) is 23.5 Å². The second kappa shape index (κ2) is 5.38. The number of anilines is 1. The maximum Gasteiger partial charge on any atom is 0.471 e. The molecule has 0 saturated heterocycles. The minimum Gasteiger partial charge on any atom is -0.318 e. The molecule has 22 heavy (non-hydrogen) atoms. The Morgan fingerprint density at radius 1 is 1.18 bits per heavy atom. The summed E-state index contributed by atoms with van der Waals surface area (Å²) >= 11 is 1.33. The van der Waals surface area contributed by atoms with Gasteiger partial charge in [-0.3, -0.25) is 4.79 Å². The monoisotopic (exact) mass is 323 g/mol. The highest BCUT2D eigenvalue weighted by molar-refractivity contribution is 7.21. The van der Waals surface area contributed by atoms with Crippen molar-refractivity contribution in [1.82, 2.24) is 9.97 Å². The standard InChI is InChI=1S/C14H8F3N3OS/c15-14(16,17)13(21)19-9-4-1-3-8(7-9)11-20-10-5-2-6-18-12(10)22-11/h1-7H,(H,19,21). The number of alkyl halides is 3. The SMILES string of the molecule is O=C(Nc1cccc(-c2nc3cccnc3s2)c1)C(F)(F)F. The maximum atomic E-state index is 12.3. The van der Waals surface area contributed by atoms with E-state index >= 15 is 0 Å². The largest absolute Gasteiger partial charge is 0.471 e. The summed E-state index contributed by atoms with van der Waals surface area (Å²) in [6, 6.07) is 9.66. The topological polar surface area (TPSA) is 54.9 Å². The summed E-state index contributed by atoms with van der Waals surface area (Å²) in [5.41, 5.74) is 1.39. The van der Waals surface area contributed by atoms with Gasteiger partial charge in [-0.2, -0.15) is 13.2 Å². The Kier molecular flexibility index (Phi) is 3.53. The smallest absolute Gasteiger partial charge is 0.318 e. The van der Waals surface area contributed by atoms with Crippen LogP contribution in [0.25, 0.3) is 20.9 Å². The van der Waals surface area contributed by atoms with Gasteiger partial charge in [-0.15, -0.1) is 0 Å². The predicted octanol–water partition coefficient (Wildman–Crippen LogP) is 3.86. The molecule has 112 valence electrons. The fraction of sp³-hybridized carbons (Fsp3) is 0.0714. The lowest BCUT2D eigenvalue weighted by Crippen LogP contribution is -2.29. The van der Waals surface area contributed by atoms with Crippen molar-refractivity contribution in [2.45, 2.75) is 6.18 Å². The molecule has 3 aromatic rings. The number of aromatic nitrogens is 2. The number of pyridine rings is 1. The molecule has 4 nitrogen and oxygen atoms in total. The average molecular weight is 323 g/mol. The number of thiazole rings is 1. The van der Waals surface area contributed by atoms with Crippen molar-refractivity contribution in [2.24, 2.45) is 0 Å². The molecule has 0 bridgehead atoms. The number of fused-ring (bicyclic) bond motifs is 1. The van der Waals surface area contributed by atoms with Crippen LogP contribution in [-0.4, -0.2) is 22.1 Å². The number of amides is 1. The average Bonchev–Trinajstić information content (AvgIpc) is 2.90. The minimum atomic E-state index is -4.92. The van der Waals surface area contributed by atoms with Crippen LogP contribution in [-0.2, 0) is 4.79 Å². The van der Waals surface area contributed by atoms with Gasteiger partial charge in [0.2, 0.25) is 0 Å². The number of halogens is 3. The van der Waals surface area contributed by atoms with E-state index in [0.717, 1.165) is 4.83 Å². The first-order chi connectivity index (χ1) is 10.4. The van der Waals surface area contributed by atoms with Crippen molar-refractivity contribution < 1.29 is 18.0 Å². The molecule has 0 aliphatic heterocycles. The number of hydrogen-bond acceptors (Lipinski definition) is 4. The Morgan fingerprint density at radius 2 is 2.00 bits per heavy atom. The van der Waals surface area contributed by atoms with Crippen LogP contribution in [0.5, 0.6) is 0 Å². The van der Waals surface area contributed by atoms with Crippen LogP contribution in [0.2, 0.25) is 0 Å². The van der Waals surface area contributed by atoms with E-state index in [0.29, 0.717) is 16.1 Å². The molecular formula is C14H8F3N3OS. The quantitative estimate of drug-likeness (QED) is 0.779. The number of rotatable bonds is 2. The lowest BCUT2D eigenvalue weighted by atomic mass is 10.2. The molecule has 0 unspecified atom stereocenters. The van der Waals surface area contributed by atoms with Crippen LogP contribution in [0, 0.1) is 0 Å². The van der Waals surface area contributed by atoms with Crippen LogP contribution in [0.1, 0.15) is 0 Å². The fourth-order valence-corrected chi connectivity index (χ4v) is 2.73. The van der Waals surface area contributed by atoms with Gasteiger partial charge in [0.1, 0.15) is 15.4 Å². The maximum absolute atomic E-state index is 12.3. The van der Waals surface area contributed by atoms with Gasteiger partial charge in [-0.25, -0.2) is 9.97 Å². The van der Waals surface area contributed by atoms with Crippen LogP contribution in [0.15, 0.2) is 42.6 Å². The van der Waals surface area contributed by atoms with E-state index < -0.39 is 12.1 Å². The number of nitrogens with zero attached hydrogens (tertiary/aromatic N) is 2. The molecule has 0 aliphatic rings. The highest BCUT2D eigenvalue weighted by Gasteiger charge is 2.38. The van der Waals surface area contributed by atoms with E-state index in [1.165, 1.54) is 23.5 Å². The van der Waals surface area contributed by atoms with Crippen molar-refractivity contribution in [1.29, 1.82) is 0 Å². The zero-order valence-corrected chi connectivity index (χ0v) is 11.7. The molecule has 8 heteroatoms. The van der Waals surface area contributed by atoms with Crippen LogP contribution >= 0.6 is 11.3 Å². The lowest BCUT2D eigenvalue weighted by Gasteiger charge is -2.08. The van der Waals surface area contributed by atoms with E-state index in [9.17, 15) is 18.0 Å². The fourth-order valence-electron chi connectivity index (χ4n) is 1.83. The summed E-state index contributed by atoms with van der Waals surface area (Å²) in [6.07, 6.45) is -3.28. The lowest BCUT2D eigenvalue weighted by molar-refractivity contribution is -0.167. The Labute approximate surface area is 126 Å².